The average molecular weight is 297 g/mol. The van der Waals surface area contributed by atoms with Crippen LogP contribution in [0.2, 0.25) is 0 Å². The maximum atomic E-state index is 5.83. The number of nitrogens with two attached hydrogens (primary N) is 1. The summed E-state index contributed by atoms with van der Waals surface area (Å²) in [4.78, 5) is 8.35. The maximum Gasteiger partial charge on any atom is 0.136 e. The van der Waals surface area contributed by atoms with Gasteiger partial charge >= 0.3 is 0 Å². The molecule has 2 N–H and O–H groups in total. The monoisotopic (exact) mass is 297 g/mol. The van der Waals surface area contributed by atoms with Gasteiger partial charge in [-0.05, 0) is 29.3 Å². The minimum Gasteiger partial charge on any atom is -0.351 e. The van der Waals surface area contributed by atoms with Gasteiger partial charge in [-0.3, -0.25) is 0 Å². The van der Waals surface area contributed by atoms with Crippen molar-refractivity contribution in [3.8, 4) is 0 Å². The van der Waals surface area contributed by atoms with Gasteiger partial charge in [0.05, 0.1) is 6.54 Å². The molecule has 21 heavy (non-hydrogen) atoms. The van der Waals surface area contributed by atoms with E-state index in [1.54, 1.807) is 11.3 Å². The summed E-state index contributed by atoms with van der Waals surface area (Å²) in [5, 5.41) is 4.50. The summed E-state index contributed by atoms with van der Waals surface area (Å²) < 4.78 is 0. The largest absolute Gasteiger partial charge is 0.351 e. The Morgan fingerprint density at radius 1 is 1.14 bits per heavy atom. The number of hydrogen-bond donors (Lipinski definition) is 1. The van der Waals surface area contributed by atoms with Crippen molar-refractivity contribution in [2.45, 2.75) is 20.0 Å². The Balaban J connectivity index is 2.06. The first kappa shape index (κ1) is 14.0. The highest BCUT2D eigenvalue weighted by molar-refractivity contribution is 7.09. The quantitative estimate of drug-likeness (QED) is 0.779. The molecule has 0 aliphatic heterocycles. The van der Waals surface area contributed by atoms with Gasteiger partial charge in [0.1, 0.15) is 5.82 Å². The van der Waals surface area contributed by atoms with E-state index < -0.39 is 0 Å². The van der Waals surface area contributed by atoms with E-state index in [0.29, 0.717) is 6.54 Å². The second-order valence-corrected chi connectivity index (χ2v) is 5.98. The number of benzene rings is 1. The first-order valence-corrected chi connectivity index (χ1v) is 8.05. The molecule has 0 spiro atoms. The lowest BCUT2D eigenvalue weighted by Gasteiger charge is -2.23. The number of nitrogens with zero attached hydrogens (tertiary/aromatic N) is 2. The zero-order chi connectivity index (χ0) is 14.7. The topological polar surface area (TPSA) is 42.2 Å². The van der Waals surface area contributed by atoms with Gasteiger partial charge in [-0.1, -0.05) is 30.3 Å². The van der Waals surface area contributed by atoms with Crippen LogP contribution in [0.5, 0.6) is 0 Å². The second kappa shape index (κ2) is 6.24. The number of fused-ring (bicyclic) bond motifs is 1. The molecule has 0 unspecified atom stereocenters. The van der Waals surface area contributed by atoms with Crippen LogP contribution in [0.3, 0.4) is 0 Å². The first-order valence-electron chi connectivity index (χ1n) is 7.17. The molecule has 2 heterocycles. The Morgan fingerprint density at radius 3 is 2.62 bits per heavy atom. The molecule has 0 radical (unpaired) electrons. The molecule has 0 atom stereocenters. The van der Waals surface area contributed by atoms with Gasteiger partial charge in [-0.25, -0.2) is 4.98 Å². The molecular formula is C17H19N3S. The molecule has 3 rings (SSSR count). The minimum atomic E-state index is 0.519. The molecule has 0 saturated heterocycles. The summed E-state index contributed by atoms with van der Waals surface area (Å²) in [7, 11) is 0. The Labute approximate surface area is 129 Å². The molecule has 0 aliphatic rings. The Bertz CT molecular complexity index is 722. The number of thiophene rings is 1. The van der Waals surface area contributed by atoms with Crippen LogP contribution in [-0.2, 0) is 13.1 Å². The minimum absolute atomic E-state index is 0.519. The second-order valence-electron chi connectivity index (χ2n) is 4.95. The zero-order valence-corrected chi connectivity index (χ0v) is 12.9. The number of rotatable bonds is 5. The molecule has 108 valence electrons. The van der Waals surface area contributed by atoms with Crippen molar-refractivity contribution in [1.29, 1.82) is 0 Å². The van der Waals surface area contributed by atoms with Gasteiger partial charge < -0.3 is 10.6 Å². The SMILES string of the molecule is CCN(Cc1cccs1)c1ncc(CN)c2ccccc12. The van der Waals surface area contributed by atoms with Crippen molar-refractivity contribution in [3.63, 3.8) is 0 Å². The normalized spacial score (nSPS) is 11.0. The van der Waals surface area contributed by atoms with Gasteiger partial charge in [0.25, 0.3) is 0 Å². The number of aromatic nitrogens is 1. The zero-order valence-electron chi connectivity index (χ0n) is 12.1. The standard InChI is InChI=1S/C17H19N3S/c1-2-20(12-14-6-5-9-21-14)17-16-8-4-3-7-15(16)13(10-18)11-19-17/h3-9,11H,2,10,12,18H2,1H3. The lowest BCUT2D eigenvalue weighted by atomic mass is 10.1. The van der Waals surface area contributed by atoms with Crippen LogP contribution in [0.25, 0.3) is 10.8 Å². The highest BCUT2D eigenvalue weighted by atomic mass is 32.1. The number of anilines is 1. The highest BCUT2D eigenvalue weighted by Crippen LogP contribution is 2.28. The highest BCUT2D eigenvalue weighted by Gasteiger charge is 2.13. The predicted molar refractivity (Wildman–Crippen MR) is 90.7 cm³/mol. The molecule has 3 nitrogen and oxygen atoms in total. The fourth-order valence-corrected chi connectivity index (χ4v) is 3.30. The van der Waals surface area contributed by atoms with Crippen LogP contribution in [0.15, 0.2) is 48.0 Å². The van der Waals surface area contributed by atoms with Crippen molar-refractivity contribution < 1.29 is 0 Å². The summed E-state index contributed by atoms with van der Waals surface area (Å²) in [5.41, 5.74) is 6.93. The lowest BCUT2D eigenvalue weighted by molar-refractivity contribution is 0.827. The molecule has 2 aromatic heterocycles. The van der Waals surface area contributed by atoms with Crippen LogP contribution >= 0.6 is 11.3 Å². The molecule has 0 fully saturated rings. The van der Waals surface area contributed by atoms with Crippen molar-refractivity contribution in [2.24, 2.45) is 5.73 Å². The number of hydrogen-bond acceptors (Lipinski definition) is 4. The summed E-state index contributed by atoms with van der Waals surface area (Å²) in [6, 6.07) is 12.6. The maximum absolute atomic E-state index is 5.83. The third-order valence-electron chi connectivity index (χ3n) is 3.68. The van der Waals surface area contributed by atoms with E-state index in [-0.39, 0.29) is 0 Å². The lowest BCUT2D eigenvalue weighted by Crippen LogP contribution is -2.23. The fourth-order valence-electron chi connectivity index (χ4n) is 2.58. The Hall–Kier alpha value is -1.91. The molecular weight excluding hydrogens is 278 g/mol. The van der Waals surface area contributed by atoms with Crippen LogP contribution < -0.4 is 10.6 Å². The third-order valence-corrected chi connectivity index (χ3v) is 4.55. The van der Waals surface area contributed by atoms with E-state index in [2.05, 4.69) is 58.6 Å². The summed E-state index contributed by atoms with van der Waals surface area (Å²) in [6.45, 7) is 4.51. The van der Waals surface area contributed by atoms with Crippen molar-refractivity contribution in [1.82, 2.24) is 4.98 Å². The summed E-state index contributed by atoms with van der Waals surface area (Å²) in [6.07, 6.45) is 1.91. The van der Waals surface area contributed by atoms with Crippen LogP contribution in [0.4, 0.5) is 5.82 Å². The Kier molecular flexibility index (Phi) is 4.18. The average Bonchev–Trinajstić information content (AvgIpc) is 3.05. The van der Waals surface area contributed by atoms with E-state index in [0.717, 1.165) is 24.5 Å². The Morgan fingerprint density at radius 2 is 1.95 bits per heavy atom. The molecule has 0 amide bonds. The molecule has 0 bridgehead atoms. The van der Waals surface area contributed by atoms with Crippen LogP contribution in [0.1, 0.15) is 17.4 Å². The molecule has 0 saturated carbocycles. The fraction of sp³-hybridized carbons (Fsp3) is 0.235. The van der Waals surface area contributed by atoms with Gasteiger partial charge in [-0.2, -0.15) is 0 Å². The molecule has 4 heteroatoms. The van der Waals surface area contributed by atoms with Gasteiger partial charge in [-0.15, -0.1) is 11.3 Å². The van der Waals surface area contributed by atoms with Crippen molar-refractivity contribution in [3.05, 3.63) is 58.4 Å². The van der Waals surface area contributed by atoms with Gasteiger partial charge in [0.15, 0.2) is 0 Å². The van der Waals surface area contributed by atoms with Crippen LogP contribution in [0, 0.1) is 0 Å². The van der Waals surface area contributed by atoms with E-state index in [9.17, 15) is 0 Å². The third kappa shape index (κ3) is 2.77. The van der Waals surface area contributed by atoms with E-state index in [4.69, 9.17) is 5.73 Å². The number of pyridine rings is 1. The molecule has 1 aromatic carbocycles. The van der Waals surface area contributed by atoms with E-state index in [1.165, 1.54) is 15.6 Å². The first-order chi connectivity index (χ1) is 10.3. The summed E-state index contributed by atoms with van der Waals surface area (Å²) in [5.74, 6) is 1.04. The van der Waals surface area contributed by atoms with Crippen LogP contribution in [-0.4, -0.2) is 11.5 Å². The van der Waals surface area contributed by atoms with Gasteiger partial charge in [0, 0.05) is 29.5 Å². The van der Waals surface area contributed by atoms with E-state index >= 15 is 0 Å². The smallest absolute Gasteiger partial charge is 0.136 e. The van der Waals surface area contributed by atoms with Crippen molar-refractivity contribution >= 4 is 27.9 Å². The summed E-state index contributed by atoms with van der Waals surface area (Å²) >= 11 is 1.78. The molecule has 0 aliphatic carbocycles. The van der Waals surface area contributed by atoms with Crippen molar-refractivity contribution in [2.75, 3.05) is 11.4 Å². The van der Waals surface area contributed by atoms with E-state index in [1.807, 2.05) is 6.20 Å². The van der Waals surface area contributed by atoms with Gasteiger partial charge in [0.2, 0.25) is 0 Å². The molecule has 3 aromatic rings. The predicted octanol–water partition coefficient (Wildman–Crippen LogP) is 3.78.